The smallest absolute Gasteiger partial charge is 0.0771 e. The number of hydrogen-bond acceptors (Lipinski definition) is 2. The molecule has 0 bridgehead atoms. The van der Waals surface area contributed by atoms with Gasteiger partial charge in [-0.1, -0.05) is 85.0 Å². The maximum absolute atomic E-state index is 6.56. The molecule has 3 heteroatoms. The number of benzene rings is 4. The zero-order valence-electron chi connectivity index (χ0n) is 18.0. The topological polar surface area (TPSA) is 30.9 Å². The quantitative estimate of drug-likeness (QED) is 0.286. The number of hydrogen-bond donors (Lipinski definition) is 1. The van der Waals surface area contributed by atoms with Crippen LogP contribution in [-0.2, 0) is 0 Å². The van der Waals surface area contributed by atoms with Crippen molar-refractivity contribution in [3.05, 3.63) is 120 Å². The highest BCUT2D eigenvalue weighted by Crippen LogP contribution is 2.50. The molecule has 1 aliphatic heterocycles. The summed E-state index contributed by atoms with van der Waals surface area (Å²) in [5.74, 6) is 0.405. The summed E-state index contributed by atoms with van der Waals surface area (Å²) in [4.78, 5) is 1.40. The van der Waals surface area contributed by atoms with Crippen molar-refractivity contribution in [3.63, 3.8) is 0 Å². The number of fused-ring (bicyclic) bond motifs is 6. The van der Waals surface area contributed by atoms with Gasteiger partial charge in [-0.15, -0.1) is 11.8 Å². The SMILES string of the molecule is Nc1cccc2c3ccccc3n(-c3ccccc3C3=CC4c5ccccc5SC4C=C3)c12. The van der Waals surface area contributed by atoms with Gasteiger partial charge in [-0.05, 0) is 35.4 Å². The lowest BCUT2D eigenvalue weighted by atomic mass is 9.87. The zero-order valence-corrected chi connectivity index (χ0v) is 18.8. The van der Waals surface area contributed by atoms with E-state index in [1.165, 1.54) is 37.9 Å². The van der Waals surface area contributed by atoms with Gasteiger partial charge in [-0.25, -0.2) is 0 Å². The molecule has 2 nitrogen and oxygen atoms in total. The first-order valence-electron chi connectivity index (χ1n) is 11.3. The summed E-state index contributed by atoms with van der Waals surface area (Å²) < 4.78 is 2.34. The van der Waals surface area contributed by atoms with Crippen molar-refractivity contribution in [2.75, 3.05) is 5.73 Å². The van der Waals surface area contributed by atoms with E-state index >= 15 is 0 Å². The molecule has 2 atom stereocenters. The van der Waals surface area contributed by atoms with E-state index in [0.717, 1.165) is 16.9 Å². The van der Waals surface area contributed by atoms with Crippen LogP contribution in [-0.4, -0.2) is 9.82 Å². The predicted molar refractivity (Wildman–Crippen MR) is 141 cm³/mol. The van der Waals surface area contributed by atoms with Crippen molar-refractivity contribution in [1.82, 2.24) is 4.57 Å². The molecule has 158 valence electrons. The molecule has 7 rings (SSSR count). The largest absolute Gasteiger partial charge is 0.397 e. The van der Waals surface area contributed by atoms with Crippen molar-refractivity contribution in [2.45, 2.75) is 16.1 Å². The van der Waals surface area contributed by atoms with Crippen LogP contribution in [0.25, 0.3) is 33.1 Å². The molecule has 0 spiro atoms. The van der Waals surface area contributed by atoms with E-state index in [2.05, 4.69) is 102 Å². The molecule has 0 saturated carbocycles. The minimum Gasteiger partial charge on any atom is -0.397 e. The first-order valence-corrected chi connectivity index (χ1v) is 12.2. The lowest BCUT2D eigenvalue weighted by Gasteiger charge is -2.21. The van der Waals surface area contributed by atoms with Gasteiger partial charge < -0.3 is 10.3 Å². The van der Waals surface area contributed by atoms with E-state index in [-0.39, 0.29) is 0 Å². The molecule has 1 aromatic heterocycles. The molecular weight excluding hydrogens is 420 g/mol. The van der Waals surface area contributed by atoms with Crippen LogP contribution < -0.4 is 5.73 Å². The number of aromatic nitrogens is 1. The normalized spacial score (nSPS) is 19.0. The molecule has 1 aliphatic carbocycles. The lowest BCUT2D eigenvalue weighted by molar-refractivity contribution is 0.884. The van der Waals surface area contributed by atoms with E-state index < -0.39 is 0 Å². The van der Waals surface area contributed by atoms with Gasteiger partial charge in [-0.3, -0.25) is 0 Å². The maximum atomic E-state index is 6.56. The fourth-order valence-electron chi connectivity index (χ4n) is 5.44. The molecule has 2 heterocycles. The summed E-state index contributed by atoms with van der Waals surface area (Å²) in [5, 5.41) is 2.89. The van der Waals surface area contributed by atoms with Crippen LogP contribution in [0.1, 0.15) is 17.0 Å². The number of thioether (sulfide) groups is 1. The van der Waals surface area contributed by atoms with Gasteiger partial charge in [0.1, 0.15) is 0 Å². The predicted octanol–water partition coefficient (Wildman–Crippen LogP) is 7.58. The third kappa shape index (κ3) is 2.76. The molecule has 0 amide bonds. The van der Waals surface area contributed by atoms with Crippen molar-refractivity contribution in [2.24, 2.45) is 0 Å². The van der Waals surface area contributed by atoms with E-state index in [0.29, 0.717) is 11.2 Å². The summed E-state index contributed by atoms with van der Waals surface area (Å²) in [7, 11) is 0. The first kappa shape index (κ1) is 18.8. The van der Waals surface area contributed by atoms with Crippen molar-refractivity contribution >= 4 is 44.8 Å². The Morgan fingerprint density at radius 1 is 0.758 bits per heavy atom. The van der Waals surface area contributed by atoms with Gasteiger partial charge in [0, 0.05) is 32.4 Å². The van der Waals surface area contributed by atoms with E-state index in [9.17, 15) is 0 Å². The van der Waals surface area contributed by atoms with Crippen LogP contribution in [0.2, 0.25) is 0 Å². The Morgan fingerprint density at radius 2 is 1.55 bits per heavy atom. The highest BCUT2D eigenvalue weighted by molar-refractivity contribution is 8.00. The van der Waals surface area contributed by atoms with Gasteiger partial charge in [0.15, 0.2) is 0 Å². The number of nitrogens with two attached hydrogens (primary N) is 1. The highest BCUT2D eigenvalue weighted by atomic mass is 32.2. The zero-order chi connectivity index (χ0) is 21.9. The summed E-state index contributed by atoms with van der Waals surface area (Å²) in [6.07, 6.45) is 7.14. The van der Waals surface area contributed by atoms with Gasteiger partial charge in [0.2, 0.25) is 0 Å². The molecule has 0 fully saturated rings. The Hall–Kier alpha value is -3.69. The van der Waals surface area contributed by atoms with Crippen molar-refractivity contribution < 1.29 is 0 Å². The molecule has 0 saturated heterocycles. The second-order valence-electron chi connectivity index (χ2n) is 8.74. The van der Waals surface area contributed by atoms with Gasteiger partial charge >= 0.3 is 0 Å². The second-order valence-corrected chi connectivity index (χ2v) is 9.96. The molecule has 4 aromatic carbocycles. The molecule has 5 aromatic rings. The van der Waals surface area contributed by atoms with Crippen molar-refractivity contribution in [1.29, 1.82) is 0 Å². The van der Waals surface area contributed by atoms with Crippen LogP contribution in [0.5, 0.6) is 0 Å². The fourth-order valence-corrected chi connectivity index (χ4v) is 6.76. The average molecular weight is 443 g/mol. The standard InChI is InChI=1S/C30H22N2S/c31-25-12-7-11-23-21-9-2-5-14-27(21)32(30(23)25)26-13-4-1-8-20(26)19-16-17-29-24(18-19)22-10-3-6-15-28(22)33-29/h1-18,24,29H,31H2. The fraction of sp³-hybridized carbons (Fsp3) is 0.0667. The molecule has 2 unspecified atom stereocenters. The molecule has 2 aliphatic rings. The highest BCUT2D eigenvalue weighted by Gasteiger charge is 2.32. The summed E-state index contributed by atoms with van der Waals surface area (Å²) >= 11 is 1.97. The molecule has 0 radical (unpaired) electrons. The Labute approximate surface area is 197 Å². The minimum absolute atomic E-state index is 0.405. The van der Waals surface area contributed by atoms with E-state index in [4.69, 9.17) is 5.73 Å². The number of allylic oxidation sites excluding steroid dienone is 3. The van der Waals surface area contributed by atoms with Crippen LogP contribution in [0, 0.1) is 0 Å². The van der Waals surface area contributed by atoms with Gasteiger partial charge in [0.25, 0.3) is 0 Å². The van der Waals surface area contributed by atoms with Crippen LogP contribution in [0.3, 0.4) is 0 Å². The summed E-state index contributed by atoms with van der Waals surface area (Å²) in [6.45, 7) is 0. The number of para-hydroxylation sites is 3. The minimum atomic E-state index is 0.405. The first-order chi connectivity index (χ1) is 16.3. The number of nitrogens with zero attached hydrogens (tertiary/aromatic N) is 1. The third-order valence-corrected chi connectivity index (χ3v) is 8.25. The molecule has 2 N–H and O–H groups in total. The molecule has 33 heavy (non-hydrogen) atoms. The van der Waals surface area contributed by atoms with E-state index in [1.807, 2.05) is 23.9 Å². The number of rotatable bonds is 2. The number of anilines is 1. The Kier molecular flexibility index (Phi) is 4.09. The Morgan fingerprint density at radius 3 is 2.52 bits per heavy atom. The Bertz CT molecular complexity index is 1620. The third-order valence-electron chi connectivity index (χ3n) is 6.90. The maximum Gasteiger partial charge on any atom is 0.0771 e. The second kappa shape index (κ2) is 7.16. The van der Waals surface area contributed by atoms with E-state index in [1.54, 1.807) is 0 Å². The lowest BCUT2D eigenvalue weighted by Crippen LogP contribution is -2.10. The van der Waals surface area contributed by atoms with Crippen LogP contribution in [0.15, 0.2) is 114 Å². The van der Waals surface area contributed by atoms with Gasteiger partial charge in [-0.2, -0.15) is 0 Å². The summed E-state index contributed by atoms with van der Waals surface area (Å²) in [5.41, 5.74) is 14.7. The summed E-state index contributed by atoms with van der Waals surface area (Å²) in [6, 6.07) is 32.3. The number of nitrogen functional groups attached to an aromatic ring is 1. The van der Waals surface area contributed by atoms with Crippen LogP contribution >= 0.6 is 11.8 Å². The van der Waals surface area contributed by atoms with Gasteiger partial charge in [0.05, 0.1) is 22.4 Å². The average Bonchev–Trinajstić information content (AvgIpc) is 3.40. The Balaban J connectivity index is 1.47. The van der Waals surface area contributed by atoms with Crippen molar-refractivity contribution in [3.8, 4) is 5.69 Å². The molecular formula is C30H22N2S. The monoisotopic (exact) mass is 442 g/mol. The van der Waals surface area contributed by atoms with Crippen LogP contribution in [0.4, 0.5) is 5.69 Å².